The van der Waals surface area contributed by atoms with Crippen molar-refractivity contribution in [1.29, 1.82) is 0 Å². The first kappa shape index (κ1) is 25.2. The Kier molecular flexibility index (Phi) is 7.77. The van der Waals surface area contributed by atoms with Gasteiger partial charge >= 0.3 is 11.0 Å². The van der Waals surface area contributed by atoms with E-state index in [2.05, 4.69) is 6.92 Å². The second-order valence-electron chi connectivity index (χ2n) is 6.50. The van der Waals surface area contributed by atoms with Crippen molar-refractivity contribution < 1.29 is 39.3 Å². The maximum Gasteiger partial charge on any atom is 0.601 e. The molecule has 0 N–H and O–H groups in total. The molecular formula is C20H18F6O3S2. The quantitative estimate of drug-likeness (QED) is 0.171. The Labute approximate surface area is 178 Å². The number of aryl methyl sites for hydroxylation is 1. The van der Waals surface area contributed by atoms with Crippen LogP contribution < -0.4 is 0 Å². The Morgan fingerprint density at radius 2 is 1.55 bits per heavy atom. The molecule has 31 heavy (non-hydrogen) atoms. The highest BCUT2D eigenvalue weighted by Gasteiger charge is 2.48. The summed E-state index contributed by atoms with van der Waals surface area (Å²) >= 11 is 0. The molecule has 0 aliphatic rings. The second-order valence-corrected chi connectivity index (χ2v) is 9.83. The van der Waals surface area contributed by atoms with Gasteiger partial charge in [-0.3, -0.25) is 0 Å². The van der Waals surface area contributed by atoms with Crippen molar-refractivity contribution in [3.63, 3.8) is 0 Å². The zero-order valence-electron chi connectivity index (χ0n) is 16.1. The molecule has 0 amide bonds. The van der Waals surface area contributed by atoms with Crippen LogP contribution in [0.2, 0.25) is 0 Å². The minimum absolute atomic E-state index is 0.383. The van der Waals surface area contributed by atoms with E-state index in [-0.39, 0.29) is 0 Å². The average Bonchev–Trinajstić information content (AvgIpc) is 3.05. The van der Waals surface area contributed by atoms with Crippen molar-refractivity contribution in [1.82, 2.24) is 0 Å². The van der Waals surface area contributed by atoms with Crippen LogP contribution in [0.25, 0.3) is 20.5 Å². The summed E-state index contributed by atoms with van der Waals surface area (Å²) in [6.07, 6.45) is 3.03. The van der Waals surface area contributed by atoms with Crippen LogP contribution >= 0.6 is 10.5 Å². The zero-order chi connectivity index (χ0) is 23.4. The lowest BCUT2D eigenvalue weighted by Gasteiger charge is -2.08. The van der Waals surface area contributed by atoms with Gasteiger partial charge in [0.05, 0.1) is 0 Å². The Bertz CT molecular complexity index is 1130. The van der Waals surface area contributed by atoms with Gasteiger partial charge in [0, 0.05) is 17.0 Å². The summed E-state index contributed by atoms with van der Waals surface area (Å²) in [5.41, 5.74) is -8.10. The van der Waals surface area contributed by atoms with E-state index in [0.717, 1.165) is 24.8 Å². The van der Waals surface area contributed by atoms with E-state index in [1.165, 1.54) is 0 Å². The van der Waals surface area contributed by atoms with Gasteiger partial charge in [-0.25, -0.2) is 8.42 Å². The molecule has 0 radical (unpaired) electrons. The van der Waals surface area contributed by atoms with E-state index >= 15 is 0 Å². The maximum absolute atomic E-state index is 13.6. The number of hydrogen-bond acceptors (Lipinski definition) is 3. The number of unbranched alkanes of at least 4 members (excludes halogenated alkanes) is 1. The van der Waals surface area contributed by atoms with Gasteiger partial charge in [0.25, 0.3) is 0 Å². The summed E-state index contributed by atoms with van der Waals surface area (Å²) in [5.74, 6) is 0. The molecule has 11 heteroatoms. The summed E-state index contributed by atoms with van der Waals surface area (Å²) in [7, 11) is -7.95. The number of hydrogen-bond donors (Lipinski definition) is 0. The van der Waals surface area contributed by atoms with Gasteiger partial charge in [-0.2, -0.15) is 13.2 Å². The van der Waals surface area contributed by atoms with E-state index < -0.39 is 31.6 Å². The third-order valence-electron chi connectivity index (χ3n) is 4.19. The van der Waals surface area contributed by atoms with E-state index in [9.17, 15) is 26.3 Å². The van der Waals surface area contributed by atoms with Crippen molar-refractivity contribution in [2.24, 2.45) is 0 Å². The van der Waals surface area contributed by atoms with Gasteiger partial charge in [0.15, 0.2) is 19.7 Å². The number of rotatable bonds is 4. The first-order chi connectivity index (χ1) is 14.3. The van der Waals surface area contributed by atoms with Crippen molar-refractivity contribution in [3.8, 4) is 10.4 Å². The van der Waals surface area contributed by atoms with Gasteiger partial charge in [0.1, 0.15) is 10.5 Å². The molecule has 3 rings (SSSR count). The molecule has 0 aliphatic carbocycles. The fourth-order valence-electron chi connectivity index (χ4n) is 2.82. The molecule has 1 heterocycles. The molecule has 0 aliphatic heterocycles. The molecule has 1 aromatic heterocycles. The maximum atomic E-state index is 13.6. The van der Waals surface area contributed by atoms with Crippen molar-refractivity contribution in [2.75, 3.05) is 0 Å². The molecule has 2 aromatic carbocycles. The Balaban J connectivity index is 0.000000366. The van der Waals surface area contributed by atoms with Crippen LogP contribution in [0, 0.1) is 0 Å². The minimum atomic E-state index is -6.09. The Morgan fingerprint density at radius 3 is 2.10 bits per heavy atom. The Hall–Kier alpha value is -2.11. The lowest BCUT2D eigenvalue weighted by Crippen LogP contribution is -2.21. The molecule has 3 nitrogen and oxygen atoms in total. The van der Waals surface area contributed by atoms with Gasteiger partial charge < -0.3 is 4.55 Å². The summed E-state index contributed by atoms with van der Waals surface area (Å²) in [6, 6.07) is 16.1. The summed E-state index contributed by atoms with van der Waals surface area (Å²) in [6.45, 7) is 2.11. The lowest BCUT2D eigenvalue weighted by atomic mass is 10.0. The molecule has 0 bridgehead atoms. The second kappa shape index (κ2) is 9.58. The van der Waals surface area contributed by atoms with E-state index in [1.807, 2.05) is 18.2 Å². The van der Waals surface area contributed by atoms with E-state index in [1.54, 1.807) is 36.4 Å². The molecule has 0 saturated heterocycles. The minimum Gasteiger partial charge on any atom is -0.741 e. The highest BCUT2D eigenvalue weighted by atomic mass is 32.2. The molecule has 3 aromatic rings. The molecule has 170 valence electrons. The summed E-state index contributed by atoms with van der Waals surface area (Å²) in [5, 5.41) is 0.683. The smallest absolute Gasteiger partial charge is 0.601 e. The first-order valence-electron chi connectivity index (χ1n) is 8.99. The SMILES string of the molecule is CCCCc1cccc(-c2cc3ccccc3[s+]2C(F)(F)F)c1.O=S(=O)([O-])C(F)(F)F. The molecular weight excluding hydrogens is 466 g/mol. The lowest BCUT2D eigenvalue weighted by molar-refractivity contribution is -0.0864. The zero-order valence-corrected chi connectivity index (χ0v) is 17.8. The van der Waals surface area contributed by atoms with Crippen molar-refractivity contribution >= 4 is 30.7 Å². The standard InChI is InChI=1S/C19H18F3S.CHF3O3S/c1-2-3-7-14-8-6-10-15(12-14)18-13-16-9-4-5-11-17(16)23(18)19(20,21)22;2-1(3,4)8(5,6)7/h4-6,8-13H,2-3,7H2,1H3;(H,5,6,7)/q+1;/p-1. The van der Waals surface area contributed by atoms with E-state index in [0.29, 0.717) is 20.5 Å². The molecule has 0 fully saturated rings. The number of alkyl halides is 6. The molecule has 1 unspecified atom stereocenters. The van der Waals surface area contributed by atoms with Gasteiger partial charge in [-0.1, -0.05) is 37.6 Å². The monoisotopic (exact) mass is 484 g/mol. The van der Waals surface area contributed by atoms with E-state index in [4.69, 9.17) is 13.0 Å². The highest BCUT2D eigenvalue weighted by Crippen LogP contribution is 2.54. The van der Waals surface area contributed by atoms with Crippen molar-refractivity contribution in [3.05, 3.63) is 60.2 Å². The predicted molar refractivity (Wildman–Crippen MR) is 108 cm³/mol. The van der Waals surface area contributed by atoms with Gasteiger partial charge in [-0.15, -0.1) is 13.2 Å². The highest BCUT2D eigenvalue weighted by molar-refractivity contribution is 7.86. The van der Waals surface area contributed by atoms with Crippen LogP contribution in [0.15, 0.2) is 54.6 Å². The summed E-state index contributed by atoms with van der Waals surface area (Å²) in [4.78, 5) is 0.386. The number of fused-ring (bicyclic) bond motifs is 1. The van der Waals surface area contributed by atoms with Crippen LogP contribution in [-0.2, 0) is 22.0 Å². The molecule has 1 atom stereocenters. The predicted octanol–water partition coefficient (Wildman–Crippen LogP) is 7.13. The van der Waals surface area contributed by atoms with Crippen LogP contribution in [0.5, 0.6) is 0 Å². The fourth-order valence-corrected chi connectivity index (χ4v) is 4.74. The molecule has 0 spiro atoms. The number of thiophene rings is 1. The van der Waals surface area contributed by atoms with Crippen LogP contribution in [0.4, 0.5) is 26.3 Å². The van der Waals surface area contributed by atoms with Gasteiger partial charge in [-0.05, 0) is 42.7 Å². The largest absolute Gasteiger partial charge is 0.741 e. The average molecular weight is 484 g/mol. The van der Waals surface area contributed by atoms with Crippen LogP contribution in [0.1, 0.15) is 25.3 Å². The fraction of sp³-hybridized carbons (Fsp3) is 0.300. The Morgan fingerprint density at radius 1 is 0.935 bits per heavy atom. The van der Waals surface area contributed by atoms with Crippen LogP contribution in [0.3, 0.4) is 0 Å². The van der Waals surface area contributed by atoms with Crippen molar-refractivity contribution in [2.45, 2.75) is 37.2 Å². The third kappa shape index (κ3) is 6.44. The normalized spacial score (nSPS) is 13.1. The van der Waals surface area contributed by atoms with Crippen LogP contribution in [-0.4, -0.2) is 18.5 Å². The van der Waals surface area contributed by atoms with Gasteiger partial charge in [0.2, 0.25) is 0 Å². The topological polar surface area (TPSA) is 57.2 Å². The summed E-state index contributed by atoms with van der Waals surface area (Å²) < 4.78 is 100. The number of halogens is 6. The first-order valence-corrected chi connectivity index (χ1v) is 11.6. The third-order valence-corrected chi connectivity index (χ3v) is 6.83. The molecule has 0 saturated carbocycles. The number of benzene rings is 2.